The van der Waals surface area contributed by atoms with E-state index >= 15 is 0 Å². The third-order valence-corrected chi connectivity index (χ3v) is 4.59. The number of methoxy groups -OCH3 is 1. The van der Waals surface area contributed by atoms with Gasteiger partial charge in [-0.1, -0.05) is 24.3 Å². The summed E-state index contributed by atoms with van der Waals surface area (Å²) in [6.45, 7) is 4.64. The Kier molecular flexibility index (Phi) is 7.27. The summed E-state index contributed by atoms with van der Waals surface area (Å²) in [5.41, 5.74) is 2.93. The minimum absolute atomic E-state index is 0.249. The largest absolute Gasteiger partial charge is 0.493 e. The van der Waals surface area contributed by atoms with Gasteiger partial charge in [-0.3, -0.25) is 4.79 Å². The van der Waals surface area contributed by atoms with Crippen molar-refractivity contribution in [3.05, 3.63) is 89.0 Å². The van der Waals surface area contributed by atoms with Gasteiger partial charge in [0.15, 0.2) is 0 Å². The number of hydrogen-bond donors (Lipinski definition) is 1. The van der Waals surface area contributed by atoms with Crippen molar-refractivity contribution in [1.29, 1.82) is 0 Å². The number of esters is 1. The zero-order valence-electron chi connectivity index (χ0n) is 17.8. The van der Waals surface area contributed by atoms with Gasteiger partial charge in [-0.2, -0.15) is 0 Å². The van der Waals surface area contributed by atoms with Crippen LogP contribution in [0.2, 0.25) is 0 Å². The molecule has 0 saturated carbocycles. The molecule has 0 fully saturated rings. The maximum absolute atomic E-state index is 12.9. The number of amides is 1. The van der Waals surface area contributed by atoms with Gasteiger partial charge in [0.2, 0.25) is 0 Å². The summed E-state index contributed by atoms with van der Waals surface area (Å²) in [6.07, 6.45) is 0. The number of para-hydroxylation sites is 1. The normalized spacial score (nSPS) is 10.3. The molecule has 0 aromatic heterocycles. The molecule has 6 nitrogen and oxygen atoms in total. The van der Waals surface area contributed by atoms with E-state index in [1.807, 2.05) is 38.1 Å². The quantitative estimate of drug-likeness (QED) is 0.520. The summed E-state index contributed by atoms with van der Waals surface area (Å²) >= 11 is 0. The molecule has 3 rings (SSSR count). The number of carbonyl (C=O) groups excluding carboxylic acids is 2. The van der Waals surface area contributed by atoms with E-state index in [1.54, 1.807) is 42.5 Å². The van der Waals surface area contributed by atoms with Crippen LogP contribution >= 0.6 is 0 Å². The molecule has 0 atom stereocenters. The maximum atomic E-state index is 12.9. The second-order valence-corrected chi connectivity index (χ2v) is 6.85. The zero-order chi connectivity index (χ0) is 22.2. The molecule has 3 aromatic carbocycles. The highest BCUT2D eigenvalue weighted by molar-refractivity contribution is 6.08. The molecule has 0 aliphatic rings. The van der Waals surface area contributed by atoms with E-state index in [4.69, 9.17) is 14.2 Å². The molecule has 6 heteroatoms. The Morgan fingerprint density at radius 3 is 2.48 bits per heavy atom. The van der Waals surface area contributed by atoms with Crippen molar-refractivity contribution < 1.29 is 23.8 Å². The van der Waals surface area contributed by atoms with Crippen molar-refractivity contribution in [1.82, 2.24) is 0 Å². The molecule has 0 bridgehead atoms. The Morgan fingerprint density at radius 1 is 0.935 bits per heavy atom. The Hall–Kier alpha value is -3.80. The average Bonchev–Trinajstić information content (AvgIpc) is 2.78. The second-order valence-electron chi connectivity index (χ2n) is 6.85. The van der Waals surface area contributed by atoms with Gasteiger partial charge >= 0.3 is 5.97 Å². The lowest BCUT2D eigenvalue weighted by atomic mass is 10.1. The smallest absolute Gasteiger partial charge is 0.339 e. The lowest BCUT2D eigenvalue weighted by Crippen LogP contribution is -2.16. The molecule has 0 saturated heterocycles. The highest BCUT2D eigenvalue weighted by atomic mass is 16.5. The molecular weight excluding hydrogens is 394 g/mol. The number of nitrogens with one attached hydrogen (secondary N) is 1. The third kappa shape index (κ3) is 5.63. The molecule has 0 aliphatic carbocycles. The van der Waals surface area contributed by atoms with Crippen molar-refractivity contribution in [3.8, 4) is 11.5 Å². The standard InChI is InChI=1S/C25H25NO5/c1-4-30-23-13-12-18(15-19(23)16-31-20-9-7-8-17(2)14-20)24(27)26-22-11-6-5-10-21(22)25(28)29-3/h5-15H,4,16H2,1-3H3,(H,26,27). The van der Waals surface area contributed by atoms with Gasteiger partial charge in [0, 0.05) is 11.1 Å². The van der Waals surface area contributed by atoms with Crippen molar-refractivity contribution in [2.45, 2.75) is 20.5 Å². The summed E-state index contributed by atoms with van der Waals surface area (Å²) in [6, 6.07) is 19.6. The van der Waals surface area contributed by atoms with Crippen LogP contribution < -0.4 is 14.8 Å². The fourth-order valence-corrected chi connectivity index (χ4v) is 3.07. The number of rotatable bonds is 8. The van der Waals surface area contributed by atoms with E-state index in [0.717, 1.165) is 16.9 Å². The topological polar surface area (TPSA) is 73.9 Å². The number of benzene rings is 3. The number of anilines is 1. The molecule has 0 radical (unpaired) electrons. The number of hydrogen-bond acceptors (Lipinski definition) is 5. The number of aryl methyl sites for hydroxylation is 1. The van der Waals surface area contributed by atoms with Gasteiger partial charge in [0.25, 0.3) is 5.91 Å². The summed E-state index contributed by atoms with van der Waals surface area (Å²) in [7, 11) is 1.30. The highest BCUT2D eigenvalue weighted by Gasteiger charge is 2.16. The third-order valence-electron chi connectivity index (χ3n) is 4.59. The first-order chi connectivity index (χ1) is 15.0. The first-order valence-corrected chi connectivity index (χ1v) is 9.95. The molecule has 0 heterocycles. The van der Waals surface area contributed by atoms with E-state index in [2.05, 4.69) is 5.32 Å². The molecule has 0 aliphatic heterocycles. The van der Waals surface area contributed by atoms with Crippen LogP contribution in [0.4, 0.5) is 5.69 Å². The first-order valence-electron chi connectivity index (χ1n) is 9.95. The van der Waals surface area contributed by atoms with Crippen molar-refractivity contribution in [3.63, 3.8) is 0 Å². The summed E-state index contributed by atoms with van der Waals surface area (Å²) in [5.74, 6) is 0.525. The Bertz CT molecular complexity index is 1080. The van der Waals surface area contributed by atoms with Gasteiger partial charge < -0.3 is 19.5 Å². The molecule has 31 heavy (non-hydrogen) atoms. The summed E-state index contributed by atoms with van der Waals surface area (Å²) < 4.78 is 16.4. The van der Waals surface area contributed by atoms with Crippen LogP contribution in [0.3, 0.4) is 0 Å². The Labute approximate surface area is 181 Å². The van der Waals surface area contributed by atoms with Crippen LogP contribution in [0.15, 0.2) is 66.7 Å². The lowest BCUT2D eigenvalue weighted by molar-refractivity contribution is 0.0602. The Balaban J connectivity index is 1.82. The van der Waals surface area contributed by atoms with Crippen molar-refractivity contribution in [2.75, 3.05) is 19.0 Å². The predicted octanol–water partition coefficient (Wildman–Crippen LogP) is 5.01. The summed E-state index contributed by atoms with van der Waals surface area (Å²) in [4.78, 5) is 24.8. The summed E-state index contributed by atoms with van der Waals surface area (Å²) in [5, 5.41) is 2.78. The van der Waals surface area contributed by atoms with Gasteiger partial charge in [-0.25, -0.2) is 4.79 Å². The fraction of sp³-hybridized carbons (Fsp3) is 0.200. The molecule has 3 aromatic rings. The molecule has 1 amide bonds. The second kappa shape index (κ2) is 10.3. The first kappa shape index (κ1) is 21.9. The lowest BCUT2D eigenvalue weighted by Gasteiger charge is -2.14. The molecule has 0 unspecified atom stereocenters. The van der Waals surface area contributed by atoms with E-state index in [0.29, 0.717) is 23.6 Å². The number of carbonyl (C=O) groups is 2. The maximum Gasteiger partial charge on any atom is 0.339 e. The highest BCUT2D eigenvalue weighted by Crippen LogP contribution is 2.24. The van der Waals surface area contributed by atoms with Crippen molar-refractivity contribution in [2.24, 2.45) is 0 Å². The Morgan fingerprint density at radius 2 is 1.74 bits per heavy atom. The monoisotopic (exact) mass is 419 g/mol. The molecular formula is C25H25NO5. The van der Waals surface area contributed by atoms with Gasteiger partial charge in [-0.05, 0) is 61.9 Å². The van der Waals surface area contributed by atoms with Crippen LogP contribution in [-0.2, 0) is 11.3 Å². The van der Waals surface area contributed by atoms with E-state index in [1.165, 1.54) is 7.11 Å². The predicted molar refractivity (Wildman–Crippen MR) is 119 cm³/mol. The molecule has 1 N–H and O–H groups in total. The zero-order valence-corrected chi connectivity index (χ0v) is 17.8. The van der Waals surface area contributed by atoms with Gasteiger partial charge in [-0.15, -0.1) is 0 Å². The van der Waals surface area contributed by atoms with Crippen molar-refractivity contribution >= 4 is 17.6 Å². The minimum Gasteiger partial charge on any atom is -0.493 e. The van der Waals surface area contributed by atoms with E-state index < -0.39 is 5.97 Å². The van der Waals surface area contributed by atoms with E-state index in [9.17, 15) is 9.59 Å². The van der Waals surface area contributed by atoms with Crippen LogP contribution in [0, 0.1) is 6.92 Å². The molecule has 160 valence electrons. The number of ether oxygens (including phenoxy) is 3. The van der Waals surface area contributed by atoms with Gasteiger partial charge in [0.1, 0.15) is 18.1 Å². The minimum atomic E-state index is -0.519. The average molecular weight is 419 g/mol. The molecule has 0 spiro atoms. The SMILES string of the molecule is CCOc1ccc(C(=O)Nc2ccccc2C(=O)OC)cc1COc1cccc(C)c1. The van der Waals surface area contributed by atoms with Crippen LogP contribution in [0.5, 0.6) is 11.5 Å². The van der Waals surface area contributed by atoms with E-state index in [-0.39, 0.29) is 18.1 Å². The van der Waals surface area contributed by atoms with Crippen LogP contribution in [0.25, 0.3) is 0 Å². The van der Waals surface area contributed by atoms with Crippen LogP contribution in [-0.4, -0.2) is 25.6 Å². The van der Waals surface area contributed by atoms with Crippen LogP contribution in [0.1, 0.15) is 38.8 Å². The van der Waals surface area contributed by atoms with Gasteiger partial charge in [0.05, 0.1) is 25.0 Å². The fourth-order valence-electron chi connectivity index (χ4n) is 3.07.